The third kappa shape index (κ3) is 2.60. The molecule has 2 heteroatoms. The maximum atomic E-state index is 10.7. The fourth-order valence-corrected chi connectivity index (χ4v) is 3.52. The van der Waals surface area contributed by atoms with E-state index >= 15 is 0 Å². The highest BCUT2D eigenvalue weighted by Gasteiger charge is 2.45. The zero-order valence-electron chi connectivity index (χ0n) is 10.7. The fourth-order valence-electron chi connectivity index (χ4n) is 3.52. The Balaban J connectivity index is 1.81. The van der Waals surface area contributed by atoms with Gasteiger partial charge in [0.2, 0.25) is 0 Å². The number of unbranched alkanes of at least 4 members (excludes halogenated alkanes) is 3. The summed E-state index contributed by atoms with van der Waals surface area (Å²) in [6, 6.07) is 0.489. The average molecular weight is 225 g/mol. The molecule has 0 aromatic rings. The van der Waals surface area contributed by atoms with Gasteiger partial charge in [0, 0.05) is 12.6 Å². The van der Waals surface area contributed by atoms with Crippen LogP contribution in [-0.2, 0) is 0 Å². The molecule has 2 heterocycles. The van der Waals surface area contributed by atoms with Crippen LogP contribution in [0.4, 0.5) is 0 Å². The van der Waals surface area contributed by atoms with E-state index in [-0.39, 0.29) is 5.60 Å². The number of rotatable bonds is 5. The second-order valence-electron chi connectivity index (χ2n) is 5.71. The van der Waals surface area contributed by atoms with Gasteiger partial charge >= 0.3 is 0 Å². The van der Waals surface area contributed by atoms with E-state index in [1.807, 2.05) is 0 Å². The molecule has 2 aliphatic heterocycles. The van der Waals surface area contributed by atoms with Gasteiger partial charge in [-0.1, -0.05) is 39.0 Å². The predicted molar refractivity (Wildman–Crippen MR) is 67.5 cm³/mol. The van der Waals surface area contributed by atoms with Crippen molar-refractivity contribution in [1.82, 2.24) is 4.90 Å². The minimum Gasteiger partial charge on any atom is -0.388 e. The fraction of sp³-hybridized carbons (Fsp3) is 1.00. The molecular formula is C14H27NO. The van der Waals surface area contributed by atoms with E-state index in [0.29, 0.717) is 6.04 Å². The van der Waals surface area contributed by atoms with Gasteiger partial charge in [-0.25, -0.2) is 0 Å². The Hall–Kier alpha value is -0.0800. The van der Waals surface area contributed by atoms with Crippen LogP contribution in [0, 0.1) is 0 Å². The molecule has 0 bridgehead atoms. The summed E-state index contributed by atoms with van der Waals surface area (Å²) in [5.74, 6) is 0. The second-order valence-corrected chi connectivity index (χ2v) is 5.71. The molecule has 0 aromatic heterocycles. The molecule has 0 spiro atoms. The SMILES string of the molecule is CCCCCCC1(O)CCN2CCCCC21. The highest BCUT2D eigenvalue weighted by molar-refractivity contribution is 5.00. The molecule has 2 aliphatic rings. The van der Waals surface area contributed by atoms with Gasteiger partial charge in [-0.15, -0.1) is 0 Å². The van der Waals surface area contributed by atoms with Crippen molar-refractivity contribution < 1.29 is 5.11 Å². The van der Waals surface area contributed by atoms with Gasteiger partial charge in [0.25, 0.3) is 0 Å². The van der Waals surface area contributed by atoms with Crippen molar-refractivity contribution in [2.24, 2.45) is 0 Å². The zero-order valence-corrected chi connectivity index (χ0v) is 10.7. The number of piperidine rings is 1. The molecular weight excluding hydrogens is 198 g/mol. The number of fused-ring (bicyclic) bond motifs is 1. The van der Waals surface area contributed by atoms with E-state index in [1.165, 1.54) is 51.5 Å². The molecule has 2 nitrogen and oxygen atoms in total. The standard InChI is InChI=1S/C14H27NO/c1-2-3-4-6-9-14(16)10-12-15-11-7-5-8-13(14)15/h13,16H,2-12H2,1H3. The normalized spacial score (nSPS) is 35.2. The van der Waals surface area contributed by atoms with Crippen LogP contribution in [0.15, 0.2) is 0 Å². The van der Waals surface area contributed by atoms with Crippen molar-refractivity contribution in [1.29, 1.82) is 0 Å². The summed E-state index contributed by atoms with van der Waals surface area (Å²) in [5.41, 5.74) is -0.339. The highest BCUT2D eigenvalue weighted by atomic mass is 16.3. The monoisotopic (exact) mass is 225 g/mol. The molecule has 0 aromatic carbocycles. The van der Waals surface area contributed by atoms with Crippen LogP contribution in [0.1, 0.15) is 64.7 Å². The van der Waals surface area contributed by atoms with Crippen LogP contribution in [0.25, 0.3) is 0 Å². The number of nitrogens with zero attached hydrogens (tertiary/aromatic N) is 1. The van der Waals surface area contributed by atoms with Crippen molar-refractivity contribution in [3.63, 3.8) is 0 Å². The first-order valence-corrected chi connectivity index (χ1v) is 7.23. The van der Waals surface area contributed by atoms with Gasteiger partial charge in [0.05, 0.1) is 5.60 Å². The van der Waals surface area contributed by atoms with Crippen LogP contribution >= 0.6 is 0 Å². The molecule has 2 unspecified atom stereocenters. The molecule has 0 saturated carbocycles. The van der Waals surface area contributed by atoms with Crippen molar-refractivity contribution in [2.45, 2.75) is 76.4 Å². The smallest absolute Gasteiger partial charge is 0.0814 e. The second kappa shape index (κ2) is 5.50. The maximum absolute atomic E-state index is 10.7. The van der Waals surface area contributed by atoms with Gasteiger partial charge in [0.1, 0.15) is 0 Å². The lowest BCUT2D eigenvalue weighted by atomic mass is 9.84. The molecule has 2 atom stereocenters. The van der Waals surface area contributed by atoms with Gasteiger partial charge < -0.3 is 5.11 Å². The first-order chi connectivity index (χ1) is 7.76. The van der Waals surface area contributed by atoms with Crippen LogP contribution < -0.4 is 0 Å². The summed E-state index contributed by atoms with van der Waals surface area (Å²) in [7, 11) is 0. The molecule has 0 aliphatic carbocycles. The van der Waals surface area contributed by atoms with Gasteiger partial charge in [-0.3, -0.25) is 4.90 Å². The Labute approximate surface area is 100 Å². The minimum atomic E-state index is -0.339. The van der Waals surface area contributed by atoms with Crippen molar-refractivity contribution >= 4 is 0 Å². The summed E-state index contributed by atoms with van der Waals surface area (Å²) < 4.78 is 0. The van der Waals surface area contributed by atoms with Crippen molar-refractivity contribution in [2.75, 3.05) is 13.1 Å². The lowest BCUT2D eigenvalue weighted by molar-refractivity contribution is -0.0178. The molecule has 0 radical (unpaired) electrons. The average Bonchev–Trinajstić information content (AvgIpc) is 2.64. The van der Waals surface area contributed by atoms with E-state index < -0.39 is 0 Å². The van der Waals surface area contributed by atoms with Crippen molar-refractivity contribution in [3.8, 4) is 0 Å². The summed E-state index contributed by atoms with van der Waals surface area (Å²) in [4.78, 5) is 2.53. The summed E-state index contributed by atoms with van der Waals surface area (Å²) in [6.07, 6.45) is 11.1. The van der Waals surface area contributed by atoms with Crippen LogP contribution in [-0.4, -0.2) is 34.7 Å². The number of aliphatic hydroxyl groups is 1. The first-order valence-electron chi connectivity index (χ1n) is 7.23. The number of hydrogen-bond donors (Lipinski definition) is 1. The summed E-state index contributed by atoms with van der Waals surface area (Å²) in [5, 5.41) is 10.7. The lowest BCUT2D eigenvalue weighted by Gasteiger charge is -2.37. The first kappa shape index (κ1) is 12.4. The molecule has 1 N–H and O–H groups in total. The third-order valence-corrected chi connectivity index (χ3v) is 4.53. The van der Waals surface area contributed by atoms with E-state index in [9.17, 15) is 5.11 Å². The lowest BCUT2D eigenvalue weighted by Crippen LogP contribution is -2.46. The Morgan fingerprint density at radius 2 is 2.06 bits per heavy atom. The quantitative estimate of drug-likeness (QED) is 0.727. The van der Waals surface area contributed by atoms with Crippen LogP contribution in [0.3, 0.4) is 0 Å². The van der Waals surface area contributed by atoms with E-state index in [1.54, 1.807) is 0 Å². The van der Waals surface area contributed by atoms with Gasteiger partial charge in [-0.2, -0.15) is 0 Å². The minimum absolute atomic E-state index is 0.339. The highest BCUT2D eigenvalue weighted by Crippen LogP contribution is 2.38. The molecule has 2 saturated heterocycles. The van der Waals surface area contributed by atoms with E-state index in [2.05, 4.69) is 11.8 Å². The molecule has 0 amide bonds. The van der Waals surface area contributed by atoms with Gasteiger partial charge in [-0.05, 0) is 32.2 Å². The van der Waals surface area contributed by atoms with Gasteiger partial charge in [0.15, 0.2) is 0 Å². The van der Waals surface area contributed by atoms with Crippen LogP contribution in [0.2, 0.25) is 0 Å². The Kier molecular flexibility index (Phi) is 4.26. The molecule has 16 heavy (non-hydrogen) atoms. The summed E-state index contributed by atoms with van der Waals surface area (Å²) >= 11 is 0. The third-order valence-electron chi connectivity index (χ3n) is 4.53. The van der Waals surface area contributed by atoms with Crippen LogP contribution in [0.5, 0.6) is 0 Å². The molecule has 94 valence electrons. The zero-order chi connectivity index (χ0) is 11.4. The predicted octanol–water partition coefficient (Wildman–Crippen LogP) is 2.95. The topological polar surface area (TPSA) is 23.5 Å². The Bertz CT molecular complexity index is 219. The largest absolute Gasteiger partial charge is 0.388 e. The van der Waals surface area contributed by atoms with E-state index in [4.69, 9.17) is 0 Å². The van der Waals surface area contributed by atoms with Crippen molar-refractivity contribution in [3.05, 3.63) is 0 Å². The maximum Gasteiger partial charge on any atom is 0.0814 e. The summed E-state index contributed by atoms with van der Waals surface area (Å²) in [6.45, 7) is 4.60. The Morgan fingerprint density at radius 3 is 2.88 bits per heavy atom. The van der Waals surface area contributed by atoms with E-state index in [0.717, 1.165) is 19.4 Å². The molecule has 2 rings (SSSR count). The number of hydrogen-bond acceptors (Lipinski definition) is 2. The Morgan fingerprint density at radius 1 is 1.19 bits per heavy atom. The molecule has 2 fully saturated rings.